The van der Waals surface area contributed by atoms with Gasteiger partial charge < -0.3 is 9.47 Å². The molecule has 0 radical (unpaired) electrons. The molecule has 0 aromatic carbocycles. The van der Waals surface area contributed by atoms with Crippen molar-refractivity contribution in [2.45, 2.75) is 125 Å². The average Bonchev–Trinajstić information content (AvgIpc) is 2.79. The number of carbonyl (C=O) groups is 2. The second-order valence-corrected chi connectivity index (χ2v) is 14.9. The number of rotatable bonds is 3. The van der Waals surface area contributed by atoms with Crippen molar-refractivity contribution < 1.29 is 19.1 Å². The van der Waals surface area contributed by atoms with E-state index in [1.165, 1.54) is 12.8 Å². The topological polar surface area (TPSA) is 52.6 Å². The summed E-state index contributed by atoms with van der Waals surface area (Å²) in [5, 5.41) is 0. The Morgan fingerprint density at radius 2 is 1.67 bits per heavy atom. The van der Waals surface area contributed by atoms with Gasteiger partial charge in [0.2, 0.25) is 0 Å². The van der Waals surface area contributed by atoms with Crippen LogP contribution in [0.3, 0.4) is 0 Å². The molecule has 36 heavy (non-hydrogen) atoms. The van der Waals surface area contributed by atoms with Gasteiger partial charge in [-0.05, 0) is 97.7 Å². The molecule has 0 amide bonds. The van der Waals surface area contributed by atoms with Gasteiger partial charge in [0.05, 0.1) is 0 Å². The summed E-state index contributed by atoms with van der Waals surface area (Å²) in [6.07, 6.45) is 12.5. The van der Waals surface area contributed by atoms with Gasteiger partial charge in [0.25, 0.3) is 6.47 Å². The molecule has 10 unspecified atom stereocenters. The van der Waals surface area contributed by atoms with Crippen molar-refractivity contribution in [1.82, 2.24) is 0 Å². The molecule has 0 aromatic rings. The van der Waals surface area contributed by atoms with Crippen LogP contribution < -0.4 is 0 Å². The summed E-state index contributed by atoms with van der Waals surface area (Å²) >= 11 is 0. The maximum absolute atomic E-state index is 11.9. The molecule has 4 heteroatoms. The van der Waals surface area contributed by atoms with E-state index in [9.17, 15) is 9.59 Å². The van der Waals surface area contributed by atoms with Crippen LogP contribution in [-0.4, -0.2) is 24.1 Å². The van der Waals surface area contributed by atoms with Crippen molar-refractivity contribution in [3.05, 3.63) is 11.6 Å². The average molecular weight is 499 g/mol. The Labute approximate surface area is 219 Å². The van der Waals surface area contributed by atoms with Gasteiger partial charge in [-0.3, -0.25) is 9.59 Å². The van der Waals surface area contributed by atoms with E-state index in [1.807, 2.05) is 0 Å². The minimum Gasteiger partial charge on any atom is -0.462 e. The predicted octanol–water partition coefficient (Wildman–Crippen LogP) is 7.50. The van der Waals surface area contributed by atoms with E-state index in [0.717, 1.165) is 51.4 Å². The van der Waals surface area contributed by atoms with Crippen molar-refractivity contribution in [2.75, 3.05) is 0 Å². The highest BCUT2D eigenvalue weighted by Crippen LogP contribution is 2.75. The van der Waals surface area contributed by atoms with Crippen molar-refractivity contribution in [1.29, 1.82) is 0 Å². The molecule has 5 rings (SSSR count). The Bertz CT molecular complexity index is 952. The monoisotopic (exact) mass is 498 g/mol. The summed E-state index contributed by atoms with van der Waals surface area (Å²) in [4.78, 5) is 23.6. The molecule has 4 nitrogen and oxygen atoms in total. The van der Waals surface area contributed by atoms with Crippen LogP contribution in [0.15, 0.2) is 11.6 Å². The van der Waals surface area contributed by atoms with E-state index in [4.69, 9.17) is 9.47 Å². The lowest BCUT2D eigenvalue weighted by molar-refractivity contribution is -0.218. The second kappa shape index (κ2) is 8.34. The van der Waals surface area contributed by atoms with E-state index in [2.05, 4.69) is 54.5 Å². The lowest BCUT2D eigenvalue weighted by atomic mass is 9.34. The lowest BCUT2D eigenvalue weighted by Gasteiger charge is -2.71. The normalized spacial score (nSPS) is 51.4. The minimum atomic E-state index is -0.312. The van der Waals surface area contributed by atoms with Gasteiger partial charge in [0.1, 0.15) is 11.7 Å². The number of carbonyl (C=O) groups excluding carboxylic acids is 2. The molecule has 0 saturated heterocycles. The first-order valence-electron chi connectivity index (χ1n) is 14.8. The molecule has 0 heterocycles. The third-order valence-electron chi connectivity index (χ3n) is 13.4. The van der Waals surface area contributed by atoms with Crippen LogP contribution in [-0.2, 0) is 19.1 Å². The van der Waals surface area contributed by atoms with Crippen LogP contribution in [0.5, 0.6) is 0 Å². The molecule has 0 spiro atoms. The highest BCUT2D eigenvalue weighted by Gasteiger charge is 2.69. The van der Waals surface area contributed by atoms with E-state index < -0.39 is 0 Å². The van der Waals surface area contributed by atoms with Gasteiger partial charge in [-0.2, -0.15) is 0 Å². The largest absolute Gasteiger partial charge is 0.462 e. The zero-order valence-electron chi connectivity index (χ0n) is 24.1. The summed E-state index contributed by atoms with van der Waals surface area (Å²) in [7, 11) is 0. The number of ether oxygens (including phenoxy) is 2. The molecular formula is C32H50O4. The molecule has 202 valence electrons. The van der Waals surface area contributed by atoms with Gasteiger partial charge in [-0.1, -0.05) is 60.1 Å². The van der Waals surface area contributed by atoms with E-state index in [-0.39, 0.29) is 39.3 Å². The maximum atomic E-state index is 11.9. The highest BCUT2D eigenvalue weighted by molar-refractivity contribution is 5.66. The molecular weight excluding hydrogens is 448 g/mol. The summed E-state index contributed by atoms with van der Waals surface area (Å²) < 4.78 is 12.0. The first-order valence-corrected chi connectivity index (χ1v) is 14.8. The highest BCUT2D eigenvalue weighted by atomic mass is 16.5. The third kappa shape index (κ3) is 3.30. The van der Waals surface area contributed by atoms with Crippen LogP contribution in [0, 0.1) is 51.2 Å². The Hall–Kier alpha value is -1.32. The molecule has 0 aromatic heterocycles. The van der Waals surface area contributed by atoms with E-state index in [1.54, 1.807) is 12.5 Å². The lowest BCUT2D eigenvalue weighted by Crippen LogP contribution is -2.66. The Morgan fingerprint density at radius 3 is 2.33 bits per heavy atom. The van der Waals surface area contributed by atoms with Gasteiger partial charge in [0.15, 0.2) is 0 Å². The number of hydrogen-bond acceptors (Lipinski definition) is 4. The molecule has 5 aliphatic rings. The third-order valence-corrected chi connectivity index (χ3v) is 13.4. The Kier molecular flexibility index (Phi) is 6.09. The number of fused-ring (bicyclic) bond motifs is 7. The van der Waals surface area contributed by atoms with E-state index in [0.29, 0.717) is 29.6 Å². The molecule has 0 N–H and O–H groups in total. The number of hydrogen-bond donors (Lipinski definition) is 0. The van der Waals surface area contributed by atoms with Gasteiger partial charge >= 0.3 is 5.97 Å². The van der Waals surface area contributed by atoms with Gasteiger partial charge in [-0.25, -0.2) is 0 Å². The smallest absolute Gasteiger partial charge is 0.302 e. The maximum Gasteiger partial charge on any atom is 0.302 e. The summed E-state index contributed by atoms with van der Waals surface area (Å²) in [6, 6.07) is 0. The van der Waals surface area contributed by atoms with Crippen LogP contribution in [0.4, 0.5) is 0 Å². The zero-order valence-corrected chi connectivity index (χ0v) is 24.1. The molecule has 4 fully saturated rings. The second-order valence-electron chi connectivity index (χ2n) is 14.9. The first-order chi connectivity index (χ1) is 16.8. The van der Waals surface area contributed by atoms with Crippen LogP contribution in [0.2, 0.25) is 0 Å². The summed E-state index contributed by atoms with van der Waals surface area (Å²) in [6.45, 7) is 19.6. The molecule has 5 aliphatic carbocycles. The SMILES string of the molecule is CC(=O)OC1CCC2(C)C(CCC3(C)C2CC=C2C4C(C)C(C)CCC4(OC=O)CCC23C)C1(C)C. The number of esters is 1. The van der Waals surface area contributed by atoms with E-state index >= 15 is 0 Å². The molecule has 0 aliphatic heterocycles. The van der Waals surface area contributed by atoms with Crippen molar-refractivity contribution in [3.63, 3.8) is 0 Å². The fourth-order valence-electron chi connectivity index (χ4n) is 11.1. The van der Waals surface area contributed by atoms with Crippen LogP contribution in [0.1, 0.15) is 113 Å². The Morgan fingerprint density at radius 1 is 0.944 bits per heavy atom. The molecule has 0 bridgehead atoms. The van der Waals surface area contributed by atoms with Gasteiger partial charge in [0, 0.05) is 18.3 Å². The first kappa shape index (κ1) is 26.3. The van der Waals surface area contributed by atoms with Crippen molar-refractivity contribution in [2.24, 2.45) is 51.2 Å². The van der Waals surface area contributed by atoms with Crippen molar-refractivity contribution in [3.8, 4) is 0 Å². The number of allylic oxidation sites excluding steroid dienone is 1. The van der Waals surface area contributed by atoms with Crippen molar-refractivity contribution >= 4 is 12.4 Å². The summed E-state index contributed by atoms with van der Waals surface area (Å²) in [5.41, 5.74) is 1.87. The standard InChI is InChI=1S/C32H50O4/c1-20-11-16-32(35-19-33)18-17-30(7)23(27(32)21(20)2)9-10-25-29(6)14-13-26(36-22(3)34)28(4,5)24(29)12-15-31(25,30)8/h9,19-21,24-27H,10-18H2,1-8H3. The van der Waals surface area contributed by atoms with Crippen LogP contribution in [0.25, 0.3) is 0 Å². The molecule has 4 saturated carbocycles. The van der Waals surface area contributed by atoms with Crippen LogP contribution >= 0.6 is 0 Å². The fraction of sp³-hybridized carbons (Fsp3) is 0.875. The van der Waals surface area contributed by atoms with Gasteiger partial charge in [-0.15, -0.1) is 0 Å². The summed E-state index contributed by atoms with van der Waals surface area (Å²) in [5.74, 6) is 2.53. The quantitative estimate of drug-likeness (QED) is 0.230. The fourth-order valence-corrected chi connectivity index (χ4v) is 11.1. The molecule has 10 atom stereocenters. The Balaban J connectivity index is 1.55. The predicted molar refractivity (Wildman–Crippen MR) is 142 cm³/mol. The minimum absolute atomic E-state index is 0.0161. The zero-order chi connectivity index (χ0) is 26.3.